The SMILES string of the molecule is COc1cc(NC(=O)CCC(=O)NC(C)(C)C)ccc1-c1cnco1. The van der Waals surface area contributed by atoms with Crippen molar-refractivity contribution in [1.82, 2.24) is 10.3 Å². The molecule has 7 heteroatoms. The van der Waals surface area contributed by atoms with E-state index < -0.39 is 0 Å². The Labute approximate surface area is 146 Å². The second kappa shape index (κ2) is 7.83. The van der Waals surface area contributed by atoms with E-state index in [-0.39, 0.29) is 30.2 Å². The number of rotatable bonds is 6. The summed E-state index contributed by atoms with van der Waals surface area (Å²) in [7, 11) is 1.54. The second-order valence-electron chi connectivity index (χ2n) is 6.63. The van der Waals surface area contributed by atoms with Gasteiger partial charge in [0.15, 0.2) is 12.2 Å². The van der Waals surface area contributed by atoms with Crippen LogP contribution in [0.25, 0.3) is 11.3 Å². The van der Waals surface area contributed by atoms with E-state index in [0.717, 1.165) is 5.56 Å². The van der Waals surface area contributed by atoms with Gasteiger partial charge >= 0.3 is 0 Å². The number of carbonyl (C=O) groups is 2. The van der Waals surface area contributed by atoms with Crippen LogP contribution in [0.2, 0.25) is 0 Å². The lowest BCUT2D eigenvalue weighted by molar-refractivity contribution is -0.125. The molecule has 7 nitrogen and oxygen atoms in total. The van der Waals surface area contributed by atoms with Crippen molar-refractivity contribution in [2.45, 2.75) is 39.2 Å². The van der Waals surface area contributed by atoms with Crippen molar-refractivity contribution < 1.29 is 18.7 Å². The fourth-order valence-electron chi connectivity index (χ4n) is 2.25. The normalized spacial score (nSPS) is 11.0. The maximum Gasteiger partial charge on any atom is 0.224 e. The van der Waals surface area contributed by atoms with Crippen LogP contribution in [0, 0.1) is 0 Å². The summed E-state index contributed by atoms with van der Waals surface area (Å²) >= 11 is 0. The smallest absolute Gasteiger partial charge is 0.224 e. The molecule has 0 aliphatic heterocycles. The first kappa shape index (κ1) is 18.5. The number of methoxy groups -OCH3 is 1. The van der Waals surface area contributed by atoms with Gasteiger partial charge in [-0.05, 0) is 32.9 Å². The van der Waals surface area contributed by atoms with Gasteiger partial charge in [0.1, 0.15) is 5.75 Å². The zero-order chi connectivity index (χ0) is 18.4. The molecule has 0 saturated heterocycles. The van der Waals surface area contributed by atoms with Crippen molar-refractivity contribution in [2.75, 3.05) is 12.4 Å². The second-order valence-corrected chi connectivity index (χ2v) is 6.63. The molecule has 134 valence electrons. The van der Waals surface area contributed by atoms with Crippen molar-refractivity contribution in [3.8, 4) is 17.1 Å². The van der Waals surface area contributed by atoms with Crippen LogP contribution < -0.4 is 15.4 Å². The lowest BCUT2D eigenvalue weighted by atomic mass is 10.1. The summed E-state index contributed by atoms with van der Waals surface area (Å²) in [6, 6.07) is 5.22. The van der Waals surface area contributed by atoms with Gasteiger partial charge in [0.2, 0.25) is 11.8 Å². The first-order valence-electron chi connectivity index (χ1n) is 7.96. The zero-order valence-corrected chi connectivity index (χ0v) is 14.9. The highest BCUT2D eigenvalue weighted by Crippen LogP contribution is 2.32. The molecule has 2 amide bonds. The summed E-state index contributed by atoms with van der Waals surface area (Å²) in [6.07, 6.45) is 3.17. The van der Waals surface area contributed by atoms with E-state index in [1.807, 2.05) is 20.8 Å². The third-order valence-corrected chi connectivity index (χ3v) is 3.28. The molecule has 1 heterocycles. The number of anilines is 1. The highest BCUT2D eigenvalue weighted by Gasteiger charge is 2.15. The molecule has 2 N–H and O–H groups in total. The van der Waals surface area contributed by atoms with Crippen molar-refractivity contribution in [3.05, 3.63) is 30.8 Å². The predicted molar refractivity (Wildman–Crippen MR) is 94.3 cm³/mol. The standard InChI is InChI=1S/C18H23N3O4/c1-18(2,3)21-17(23)8-7-16(22)20-12-5-6-13(14(9-12)24-4)15-10-19-11-25-15/h5-6,9-11H,7-8H2,1-4H3,(H,20,22)(H,21,23). The van der Waals surface area contributed by atoms with Gasteiger partial charge in [0, 0.05) is 30.1 Å². The summed E-state index contributed by atoms with van der Waals surface area (Å²) in [5.74, 6) is 0.744. The molecule has 1 aromatic carbocycles. The van der Waals surface area contributed by atoms with E-state index in [0.29, 0.717) is 17.2 Å². The van der Waals surface area contributed by atoms with Crippen molar-refractivity contribution in [2.24, 2.45) is 0 Å². The van der Waals surface area contributed by atoms with E-state index in [4.69, 9.17) is 9.15 Å². The number of ether oxygens (including phenoxy) is 1. The maximum absolute atomic E-state index is 12.0. The first-order valence-corrected chi connectivity index (χ1v) is 7.96. The molecule has 0 aliphatic carbocycles. The van der Waals surface area contributed by atoms with Crippen molar-refractivity contribution >= 4 is 17.5 Å². The van der Waals surface area contributed by atoms with Gasteiger partial charge in [-0.25, -0.2) is 4.98 Å². The lowest BCUT2D eigenvalue weighted by Gasteiger charge is -2.20. The number of nitrogens with zero attached hydrogens (tertiary/aromatic N) is 1. The summed E-state index contributed by atoms with van der Waals surface area (Å²) in [4.78, 5) is 27.7. The summed E-state index contributed by atoms with van der Waals surface area (Å²) in [5.41, 5.74) is 1.01. The average molecular weight is 345 g/mol. The Balaban J connectivity index is 1.96. The molecule has 0 unspecified atom stereocenters. The monoisotopic (exact) mass is 345 g/mol. The van der Waals surface area contributed by atoms with Gasteiger partial charge in [-0.15, -0.1) is 0 Å². The predicted octanol–water partition coefficient (Wildman–Crippen LogP) is 2.98. The number of hydrogen-bond donors (Lipinski definition) is 2. The van der Waals surface area contributed by atoms with Crippen LogP contribution in [-0.4, -0.2) is 29.4 Å². The Morgan fingerprint density at radius 3 is 2.52 bits per heavy atom. The van der Waals surface area contributed by atoms with Gasteiger partial charge in [-0.1, -0.05) is 0 Å². The highest BCUT2D eigenvalue weighted by molar-refractivity contribution is 5.93. The number of benzene rings is 1. The van der Waals surface area contributed by atoms with E-state index in [2.05, 4.69) is 15.6 Å². The fourth-order valence-corrected chi connectivity index (χ4v) is 2.25. The average Bonchev–Trinajstić information content (AvgIpc) is 3.05. The number of amides is 2. The Morgan fingerprint density at radius 2 is 1.92 bits per heavy atom. The third kappa shape index (κ3) is 5.63. The Kier molecular flexibility index (Phi) is 5.80. The van der Waals surface area contributed by atoms with Gasteiger partial charge in [-0.2, -0.15) is 0 Å². The van der Waals surface area contributed by atoms with Crippen LogP contribution >= 0.6 is 0 Å². The molecule has 25 heavy (non-hydrogen) atoms. The van der Waals surface area contributed by atoms with E-state index in [1.165, 1.54) is 13.5 Å². The molecular weight excluding hydrogens is 322 g/mol. The lowest BCUT2D eigenvalue weighted by Crippen LogP contribution is -2.40. The van der Waals surface area contributed by atoms with Gasteiger partial charge < -0.3 is 19.8 Å². The zero-order valence-electron chi connectivity index (χ0n) is 14.9. The van der Waals surface area contributed by atoms with Crippen LogP contribution in [0.4, 0.5) is 5.69 Å². The molecule has 0 saturated carbocycles. The van der Waals surface area contributed by atoms with Crippen LogP contribution in [0.1, 0.15) is 33.6 Å². The quantitative estimate of drug-likeness (QED) is 0.839. The Morgan fingerprint density at radius 1 is 1.20 bits per heavy atom. The number of oxazole rings is 1. The molecule has 0 fully saturated rings. The number of carbonyl (C=O) groups excluding carboxylic acids is 2. The number of nitrogens with one attached hydrogen (secondary N) is 2. The van der Waals surface area contributed by atoms with Crippen LogP contribution in [-0.2, 0) is 9.59 Å². The molecule has 2 rings (SSSR count). The van der Waals surface area contributed by atoms with Crippen molar-refractivity contribution in [1.29, 1.82) is 0 Å². The molecule has 0 atom stereocenters. The summed E-state index contributed by atoms with van der Waals surface area (Å²) in [5, 5.41) is 5.59. The van der Waals surface area contributed by atoms with Crippen molar-refractivity contribution in [3.63, 3.8) is 0 Å². The highest BCUT2D eigenvalue weighted by atomic mass is 16.5. The van der Waals surface area contributed by atoms with Crippen LogP contribution in [0.3, 0.4) is 0 Å². The topological polar surface area (TPSA) is 93.5 Å². The van der Waals surface area contributed by atoms with Gasteiger partial charge in [-0.3, -0.25) is 9.59 Å². The first-order chi connectivity index (χ1) is 11.8. The number of aromatic nitrogens is 1. The minimum Gasteiger partial charge on any atom is -0.496 e. The third-order valence-electron chi connectivity index (χ3n) is 3.28. The van der Waals surface area contributed by atoms with Gasteiger partial charge in [0.25, 0.3) is 0 Å². The molecule has 2 aromatic rings. The fraction of sp³-hybridized carbons (Fsp3) is 0.389. The number of hydrogen-bond acceptors (Lipinski definition) is 5. The molecule has 0 radical (unpaired) electrons. The van der Waals surface area contributed by atoms with E-state index in [1.54, 1.807) is 24.4 Å². The van der Waals surface area contributed by atoms with E-state index in [9.17, 15) is 9.59 Å². The Bertz CT molecular complexity index is 733. The molecule has 1 aromatic heterocycles. The molecular formula is C18H23N3O4. The summed E-state index contributed by atoms with van der Waals surface area (Å²) in [6.45, 7) is 5.69. The van der Waals surface area contributed by atoms with Crippen LogP contribution in [0.5, 0.6) is 5.75 Å². The van der Waals surface area contributed by atoms with Crippen LogP contribution in [0.15, 0.2) is 35.2 Å². The Hall–Kier alpha value is -2.83. The molecule has 0 spiro atoms. The molecule has 0 aliphatic rings. The minimum absolute atomic E-state index is 0.105. The van der Waals surface area contributed by atoms with Gasteiger partial charge in [0.05, 0.1) is 18.9 Å². The molecule has 0 bridgehead atoms. The summed E-state index contributed by atoms with van der Waals surface area (Å²) < 4.78 is 10.6. The minimum atomic E-state index is -0.308. The maximum atomic E-state index is 12.0. The van der Waals surface area contributed by atoms with E-state index >= 15 is 0 Å². The largest absolute Gasteiger partial charge is 0.496 e.